The van der Waals surface area contributed by atoms with Gasteiger partial charge < -0.3 is 24.4 Å². The van der Waals surface area contributed by atoms with E-state index in [0.717, 1.165) is 60.7 Å². The van der Waals surface area contributed by atoms with Crippen molar-refractivity contribution < 1.29 is 24.4 Å². The molecule has 4 atom stereocenters. The second kappa shape index (κ2) is 14.4. The van der Waals surface area contributed by atoms with Crippen molar-refractivity contribution in [3.8, 4) is 0 Å². The summed E-state index contributed by atoms with van der Waals surface area (Å²) in [7, 11) is 1.75. The molecule has 0 spiro atoms. The molecule has 3 rings (SSSR count). The molecule has 0 amide bonds. The van der Waals surface area contributed by atoms with Crippen molar-refractivity contribution in [2.45, 2.75) is 104 Å². The van der Waals surface area contributed by atoms with Gasteiger partial charge in [-0.15, -0.1) is 53.6 Å². The molecule has 1 unspecified atom stereocenters. The Morgan fingerprint density at radius 3 is 2.28 bits per heavy atom. The summed E-state index contributed by atoms with van der Waals surface area (Å²) in [5.41, 5.74) is 0.852. The monoisotopic (exact) mass is 578 g/mol. The highest BCUT2D eigenvalue weighted by Gasteiger charge is 2.46. The maximum absolute atomic E-state index is 11.5. The smallest absolute Gasteiger partial charge is 0.163 e. The fourth-order valence-corrected chi connectivity index (χ4v) is 12.2. The molecule has 0 aliphatic carbocycles. The van der Waals surface area contributed by atoms with Crippen LogP contribution in [0.5, 0.6) is 0 Å². The first-order valence-electron chi connectivity index (χ1n) is 13.2. The number of aliphatic hydroxyl groups is 2. The van der Waals surface area contributed by atoms with Crippen LogP contribution in [0.2, 0.25) is 0 Å². The van der Waals surface area contributed by atoms with Gasteiger partial charge in [-0.1, -0.05) is 12.7 Å². The zero-order chi connectivity index (χ0) is 26.2. The maximum atomic E-state index is 11.5. The third kappa shape index (κ3) is 8.59. The Balaban J connectivity index is 1.66. The molecule has 0 aromatic rings. The molecule has 36 heavy (non-hydrogen) atoms. The molecule has 0 bridgehead atoms. The van der Waals surface area contributed by atoms with E-state index in [4.69, 9.17) is 14.2 Å². The minimum Gasteiger partial charge on any atom is -0.393 e. The standard InChI is InChI=1S/C27H46O5S4/c1-6-7-10-20(2)24(29)27(35-15-9-16-36-27)18-21(28)17-26(33-13-8-14-34-26)12-11-22(30-5)23-19-31-25(3,4)32-23/h6,21-24,28-29H,1-2,7-19H2,3-5H3/t21-,22-,23+,24?/m0/s1. The zero-order valence-corrected chi connectivity index (χ0v) is 25.5. The minimum absolute atomic E-state index is 0.0327. The Kier molecular flexibility index (Phi) is 12.4. The third-order valence-corrected chi connectivity index (χ3v) is 14.0. The van der Waals surface area contributed by atoms with E-state index < -0.39 is 22.1 Å². The van der Waals surface area contributed by atoms with Crippen LogP contribution < -0.4 is 0 Å². The van der Waals surface area contributed by atoms with Crippen molar-refractivity contribution in [3.05, 3.63) is 24.8 Å². The number of ether oxygens (including phenoxy) is 3. The number of rotatable bonds is 14. The average Bonchev–Trinajstić information content (AvgIpc) is 3.22. The summed E-state index contributed by atoms with van der Waals surface area (Å²) in [5.74, 6) is 3.68. The Morgan fingerprint density at radius 2 is 1.72 bits per heavy atom. The van der Waals surface area contributed by atoms with Crippen LogP contribution in [0.1, 0.15) is 65.2 Å². The van der Waals surface area contributed by atoms with E-state index in [2.05, 4.69) is 13.2 Å². The van der Waals surface area contributed by atoms with Crippen LogP contribution in [-0.4, -0.2) is 85.3 Å². The molecule has 5 nitrogen and oxygen atoms in total. The second-order valence-corrected chi connectivity index (χ2v) is 16.8. The Hall–Kier alpha value is 0.680. The molecule has 2 N–H and O–H groups in total. The molecule has 0 aromatic carbocycles. The van der Waals surface area contributed by atoms with Gasteiger partial charge in [-0.2, -0.15) is 0 Å². The van der Waals surface area contributed by atoms with Crippen LogP contribution in [0.4, 0.5) is 0 Å². The van der Waals surface area contributed by atoms with E-state index in [1.165, 1.54) is 6.42 Å². The number of methoxy groups -OCH3 is 1. The summed E-state index contributed by atoms with van der Waals surface area (Å²) in [5, 5.41) is 22.9. The quantitative estimate of drug-likeness (QED) is 0.238. The average molecular weight is 579 g/mol. The number of aliphatic hydroxyl groups excluding tert-OH is 2. The van der Waals surface area contributed by atoms with Crippen LogP contribution in [0.15, 0.2) is 24.8 Å². The molecule has 0 radical (unpaired) electrons. The fourth-order valence-electron chi connectivity index (χ4n) is 5.17. The van der Waals surface area contributed by atoms with Gasteiger partial charge in [-0.05, 0) is 87.4 Å². The fraction of sp³-hybridized carbons (Fsp3) is 0.852. The van der Waals surface area contributed by atoms with Crippen LogP contribution >= 0.6 is 47.0 Å². The zero-order valence-electron chi connectivity index (χ0n) is 22.2. The number of hydrogen-bond acceptors (Lipinski definition) is 9. The van der Waals surface area contributed by atoms with Gasteiger partial charge in [0.05, 0.1) is 33.1 Å². The van der Waals surface area contributed by atoms with Crippen molar-refractivity contribution >= 4 is 47.0 Å². The van der Waals surface area contributed by atoms with Crippen molar-refractivity contribution in [1.29, 1.82) is 0 Å². The largest absolute Gasteiger partial charge is 0.393 e. The predicted molar refractivity (Wildman–Crippen MR) is 159 cm³/mol. The lowest BCUT2D eigenvalue weighted by molar-refractivity contribution is -0.154. The van der Waals surface area contributed by atoms with Crippen LogP contribution in [0, 0.1) is 0 Å². The van der Waals surface area contributed by atoms with Crippen molar-refractivity contribution in [1.82, 2.24) is 0 Å². The molecule has 0 aromatic heterocycles. The lowest BCUT2D eigenvalue weighted by atomic mass is 9.96. The normalized spacial score (nSPS) is 27.8. The van der Waals surface area contributed by atoms with Crippen LogP contribution in [0.3, 0.4) is 0 Å². The highest BCUT2D eigenvalue weighted by Crippen LogP contribution is 2.53. The van der Waals surface area contributed by atoms with Crippen molar-refractivity contribution in [2.75, 3.05) is 36.7 Å². The first kappa shape index (κ1) is 31.2. The van der Waals surface area contributed by atoms with Gasteiger partial charge >= 0.3 is 0 Å². The summed E-state index contributed by atoms with van der Waals surface area (Å²) in [6, 6.07) is 0. The third-order valence-electron chi connectivity index (χ3n) is 7.10. The number of allylic oxidation sites excluding steroid dienone is 1. The predicted octanol–water partition coefficient (Wildman–Crippen LogP) is 6.09. The Labute approximate surface area is 235 Å². The molecule has 3 saturated heterocycles. The molecular formula is C27H46O5S4. The van der Waals surface area contributed by atoms with Crippen molar-refractivity contribution in [3.63, 3.8) is 0 Å². The van der Waals surface area contributed by atoms with Crippen molar-refractivity contribution in [2.24, 2.45) is 0 Å². The van der Waals surface area contributed by atoms with Gasteiger partial charge in [-0.25, -0.2) is 0 Å². The van der Waals surface area contributed by atoms with Gasteiger partial charge in [-0.3, -0.25) is 0 Å². The first-order chi connectivity index (χ1) is 17.1. The van der Waals surface area contributed by atoms with E-state index in [0.29, 0.717) is 19.4 Å². The molecule has 208 valence electrons. The molecule has 3 aliphatic heterocycles. The Bertz CT molecular complexity index is 706. The van der Waals surface area contributed by atoms with E-state index in [-0.39, 0.29) is 16.3 Å². The summed E-state index contributed by atoms with van der Waals surface area (Å²) >= 11 is 7.60. The summed E-state index contributed by atoms with van der Waals surface area (Å²) in [4.78, 5) is 0. The first-order valence-corrected chi connectivity index (χ1v) is 17.1. The molecule has 0 saturated carbocycles. The van der Waals surface area contributed by atoms with Crippen LogP contribution in [0.25, 0.3) is 0 Å². The highest BCUT2D eigenvalue weighted by molar-refractivity contribution is 8.19. The topological polar surface area (TPSA) is 68.2 Å². The van der Waals surface area contributed by atoms with Gasteiger partial charge in [0.15, 0.2) is 5.79 Å². The highest BCUT2D eigenvalue weighted by atomic mass is 32.2. The lowest BCUT2D eigenvalue weighted by Gasteiger charge is -2.44. The maximum Gasteiger partial charge on any atom is 0.163 e. The summed E-state index contributed by atoms with van der Waals surface area (Å²) in [6.45, 7) is 12.5. The SMILES string of the molecule is C=CCCC(=C)C(O)C1(C[C@@H](O)CC2(CC[C@H](OC)[C@H]3COC(C)(C)O3)SCCCS2)SCCCS1. The minimum atomic E-state index is -0.634. The van der Waals surface area contributed by atoms with Gasteiger partial charge in [0.25, 0.3) is 0 Å². The molecular weight excluding hydrogens is 533 g/mol. The molecule has 3 heterocycles. The molecule has 9 heteroatoms. The summed E-state index contributed by atoms with van der Waals surface area (Å²) in [6.07, 6.45) is 7.62. The van der Waals surface area contributed by atoms with Gasteiger partial charge in [0, 0.05) is 13.5 Å². The lowest BCUT2D eigenvalue weighted by Crippen LogP contribution is -2.44. The number of thioether (sulfide) groups is 4. The van der Waals surface area contributed by atoms with E-state index in [1.54, 1.807) is 7.11 Å². The van der Waals surface area contributed by atoms with E-state index >= 15 is 0 Å². The van der Waals surface area contributed by atoms with E-state index in [1.807, 2.05) is 67.0 Å². The second-order valence-electron chi connectivity index (χ2n) is 10.5. The molecule has 3 fully saturated rings. The Morgan fingerprint density at radius 1 is 1.08 bits per heavy atom. The van der Waals surface area contributed by atoms with Gasteiger partial charge in [0.1, 0.15) is 6.10 Å². The summed E-state index contributed by atoms with van der Waals surface area (Å²) < 4.78 is 17.2. The number of hydrogen-bond donors (Lipinski definition) is 2. The molecule has 3 aliphatic rings. The van der Waals surface area contributed by atoms with Crippen LogP contribution in [-0.2, 0) is 14.2 Å². The van der Waals surface area contributed by atoms with Gasteiger partial charge in [0.2, 0.25) is 0 Å². The van der Waals surface area contributed by atoms with E-state index in [9.17, 15) is 10.2 Å².